The lowest BCUT2D eigenvalue weighted by molar-refractivity contribution is -0.113. The quantitative estimate of drug-likeness (QED) is 0.336. The molecule has 158 valence electrons. The highest BCUT2D eigenvalue weighted by atomic mass is 32.2. The Bertz CT molecular complexity index is 1350. The molecule has 4 aromatic rings. The minimum Gasteiger partial charge on any atom is -0.323 e. The van der Waals surface area contributed by atoms with E-state index in [9.17, 15) is 18.4 Å². The Morgan fingerprint density at radius 2 is 1.84 bits per heavy atom. The second kappa shape index (κ2) is 8.60. The van der Waals surface area contributed by atoms with Gasteiger partial charge in [-0.3, -0.25) is 14.2 Å². The van der Waals surface area contributed by atoms with Gasteiger partial charge in [0.1, 0.15) is 16.5 Å². The van der Waals surface area contributed by atoms with Gasteiger partial charge in [0.2, 0.25) is 5.91 Å². The van der Waals surface area contributed by atoms with Gasteiger partial charge >= 0.3 is 0 Å². The summed E-state index contributed by atoms with van der Waals surface area (Å²) < 4.78 is 28.6. The number of anilines is 1. The van der Waals surface area contributed by atoms with E-state index in [2.05, 4.69) is 10.3 Å². The first-order chi connectivity index (χ1) is 14.8. The van der Waals surface area contributed by atoms with E-state index in [4.69, 9.17) is 0 Å². The van der Waals surface area contributed by atoms with E-state index in [1.54, 1.807) is 6.07 Å². The van der Waals surface area contributed by atoms with Crippen LogP contribution in [0.4, 0.5) is 14.5 Å². The molecular formula is C22H17F2N3O2S2. The minimum absolute atomic E-state index is 0.0805. The van der Waals surface area contributed by atoms with Crippen LogP contribution in [-0.2, 0) is 4.79 Å². The fourth-order valence-electron chi connectivity index (χ4n) is 3.07. The number of aromatic nitrogens is 2. The number of hydrogen-bond donors (Lipinski definition) is 1. The molecule has 9 heteroatoms. The van der Waals surface area contributed by atoms with Crippen LogP contribution in [0.2, 0.25) is 0 Å². The smallest absolute Gasteiger partial charge is 0.267 e. The molecule has 0 unspecified atom stereocenters. The molecule has 0 bridgehead atoms. The summed E-state index contributed by atoms with van der Waals surface area (Å²) in [6, 6.07) is 11.4. The van der Waals surface area contributed by atoms with Crippen molar-refractivity contribution in [2.24, 2.45) is 0 Å². The van der Waals surface area contributed by atoms with Crippen LogP contribution < -0.4 is 10.9 Å². The first-order valence-corrected chi connectivity index (χ1v) is 11.1. The van der Waals surface area contributed by atoms with E-state index in [-0.39, 0.29) is 17.0 Å². The number of carbonyl (C=O) groups is 1. The number of rotatable bonds is 5. The molecule has 2 aromatic carbocycles. The number of thiophene rings is 1. The number of benzene rings is 2. The number of hydrogen-bond acceptors (Lipinski definition) is 5. The molecule has 0 spiro atoms. The molecule has 4 rings (SSSR count). The second-order valence-corrected chi connectivity index (χ2v) is 8.94. The van der Waals surface area contributed by atoms with E-state index in [1.807, 2.05) is 13.8 Å². The monoisotopic (exact) mass is 457 g/mol. The summed E-state index contributed by atoms with van der Waals surface area (Å²) in [5.41, 5.74) is 1.09. The number of nitrogens with one attached hydrogen (secondary N) is 1. The van der Waals surface area contributed by atoms with Crippen LogP contribution in [0.5, 0.6) is 0 Å². The van der Waals surface area contributed by atoms with Gasteiger partial charge < -0.3 is 5.32 Å². The van der Waals surface area contributed by atoms with Crippen LogP contribution in [0.3, 0.4) is 0 Å². The van der Waals surface area contributed by atoms with Crippen molar-refractivity contribution in [2.75, 3.05) is 11.1 Å². The SMILES string of the molecule is Cc1sc2nc(SCC(=O)Nc3ccccc3F)n(-c3ccc(F)cc3)c(=O)c2c1C. The molecule has 1 amide bonds. The van der Waals surface area contributed by atoms with Gasteiger partial charge in [-0.15, -0.1) is 11.3 Å². The molecule has 2 aromatic heterocycles. The molecule has 2 heterocycles. The average molecular weight is 458 g/mol. The van der Waals surface area contributed by atoms with Crippen LogP contribution in [-0.4, -0.2) is 21.2 Å². The number of halogens is 2. The lowest BCUT2D eigenvalue weighted by atomic mass is 10.2. The minimum atomic E-state index is -0.534. The maximum absolute atomic E-state index is 13.8. The predicted octanol–water partition coefficient (Wildman–Crippen LogP) is 5.07. The molecule has 5 nitrogen and oxygen atoms in total. The van der Waals surface area contributed by atoms with Crippen molar-refractivity contribution in [1.82, 2.24) is 9.55 Å². The summed E-state index contributed by atoms with van der Waals surface area (Å²) in [5.74, 6) is -1.48. The molecule has 1 N–H and O–H groups in total. The van der Waals surface area contributed by atoms with E-state index in [0.29, 0.717) is 21.1 Å². The molecule has 0 saturated heterocycles. The second-order valence-electron chi connectivity index (χ2n) is 6.79. The van der Waals surface area contributed by atoms with E-state index in [1.165, 1.54) is 58.4 Å². The number of thioether (sulfide) groups is 1. The third-order valence-electron chi connectivity index (χ3n) is 4.74. The van der Waals surface area contributed by atoms with Gasteiger partial charge in [-0.25, -0.2) is 13.8 Å². The highest BCUT2D eigenvalue weighted by Gasteiger charge is 2.19. The summed E-state index contributed by atoms with van der Waals surface area (Å²) >= 11 is 2.46. The molecule has 0 fully saturated rings. The van der Waals surface area contributed by atoms with E-state index in [0.717, 1.165) is 22.2 Å². The zero-order chi connectivity index (χ0) is 22.1. The molecule has 0 aliphatic rings. The highest BCUT2D eigenvalue weighted by molar-refractivity contribution is 7.99. The van der Waals surface area contributed by atoms with Crippen molar-refractivity contribution < 1.29 is 13.6 Å². The van der Waals surface area contributed by atoms with Gasteiger partial charge in [-0.05, 0) is 55.8 Å². The largest absolute Gasteiger partial charge is 0.323 e. The van der Waals surface area contributed by atoms with Crippen molar-refractivity contribution >= 4 is 44.9 Å². The van der Waals surface area contributed by atoms with Crippen molar-refractivity contribution in [2.45, 2.75) is 19.0 Å². The summed E-state index contributed by atoms with van der Waals surface area (Å²) in [7, 11) is 0. The zero-order valence-electron chi connectivity index (χ0n) is 16.6. The third-order valence-corrected chi connectivity index (χ3v) is 6.78. The maximum Gasteiger partial charge on any atom is 0.267 e. The van der Waals surface area contributed by atoms with Crippen molar-refractivity contribution in [3.05, 3.63) is 81.0 Å². The Kier molecular flexibility index (Phi) is 5.88. The zero-order valence-corrected chi connectivity index (χ0v) is 18.2. The molecule has 0 radical (unpaired) electrons. The number of amides is 1. The third kappa shape index (κ3) is 4.24. The van der Waals surface area contributed by atoms with Gasteiger partial charge in [0.25, 0.3) is 5.56 Å². The van der Waals surface area contributed by atoms with E-state index >= 15 is 0 Å². The van der Waals surface area contributed by atoms with Crippen LogP contribution in [0.25, 0.3) is 15.9 Å². The average Bonchev–Trinajstić information content (AvgIpc) is 3.03. The van der Waals surface area contributed by atoms with Gasteiger partial charge in [0.05, 0.1) is 22.5 Å². The molecule has 0 atom stereocenters. The fourth-order valence-corrected chi connectivity index (χ4v) is 4.95. The van der Waals surface area contributed by atoms with Gasteiger partial charge in [0.15, 0.2) is 5.16 Å². The number of carbonyl (C=O) groups excluding carboxylic acids is 1. The summed E-state index contributed by atoms with van der Waals surface area (Å²) in [4.78, 5) is 31.9. The van der Waals surface area contributed by atoms with Crippen LogP contribution in [0.1, 0.15) is 10.4 Å². The Morgan fingerprint density at radius 3 is 2.55 bits per heavy atom. The normalized spacial score (nSPS) is 11.1. The standard InChI is InChI=1S/C22H17F2N3O2S2/c1-12-13(2)31-20-19(12)21(29)27(15-9-7-14(23)8-10-15)22(26-20)30-11-18(28)25-17-6-4-3-5-16(17)24/h3-10H,11H2,1-2H3,(H,25,28). The molecule has 31 heavy (non-hydrogen) atoms. The topological polar surface area (TPSA) is 64.0 Å². The number of fused-ring (bicyclic) bond motifs is 1. The summed E-state index contributed by atoms with van der Waals surface area (Å²) in [6.45, 7) is 3.78. The molecular weight excluding hydrogens is 440 g/mol. The van der Waals surface area contributed by atoms with Crippen molar-refractivity contribution in [3.8, 4) is 5.69 Å². The highest BCUT2D eigenvalue weighted by Crippen LogP contribution is 2.29. The first kappa shape index (κ1) is 21.2. The Labute approximate surface area is 184 Å². The van der Waals surface area contributed by atoms with Crippen molar-refractivity contribution in [3.63, 3.8) is 0 Å². The van der Waals surface area contributed by atoms with Crippen LogP contribution in [0.15, 0.2) is 58.5 Å². The van der Waals surface area contributed by atoms with Gasteiger partial charge in [-0.2, -0.15) is 0 Å². The lowest BCUT2D eigenvalue weighted by Gasteiger charge is -2.12. The molecule has 0 aliphatic heterocycles. The molecule has 0 saturated carbocycles. The van der Waals surface area contributed by atoms with Crippen molar-refractivity contribution in [1.29, 1.82) is 0 Å². The van der Waals surface area contributed by atoms with Crippen LogP contribution in [0, 0.1) is 25.5 Å². The Morgan fingerprint density at radius 1 is 1.13 bits per heavy atom. The maximum atomic E-state index is 13.8. The Balaban J connectivity index is 1.71. The van der Waals surface area contributed by atoms with Crippen LogP contribution >= 0.6 is 23.1 Å². The molecule has 0 aliphatic carbocycles. The Hall–Kier alpha value is -3.04. The van der Waals surface area contributed by atoms with Gasteiger partial charge in [0, 0.05) is 4.88 Å². The number of aryl methyl sites for hydroxylation is 2. The number of nitrogens with zero attached hydrogens (tertiary/aromatic N) is 2. The predicted molar refractivity (Wildman–Crippen MR) is 120 cm³/mol. The van der Waals surface area contributed by atoms with E-state index < -0.39 is 17.5 Å². The summed E-state index contributed by atoms with van der Waals surface area (Å²) in [6.07, 6.45) is 0. The summed E-state index contributed by atoms with van der Waals surface area (Å²) in [5, 5.41) is 3.32. The first-order valence-electron chi connectivity index (χ1n) is 9.31. The lowest BCUT2D eigenvalue weighted by Crippen LogP contribution is -2.23. The number of para-hydroxylation sites is 1. The fraction of sp³-hybridized carbons (Fsp3) is 0.136. The van der Waals surface area contributed by atoms with Gasteiger partial charge in [-0.1, -0.05) is 23.9 Å².